The zero-order chi connectivity index (χ0) is 58.7. The number of aromatic nitrogens is 10. The number of carbonyl (C=O) groups excluding carboxylic acids is 2. The minimum atomic E-state index is -4.93. The van der Waals surface area contributed by atoms with Crippen molar-refractivity contribution in [3.63, 3.8) is 0 Å². The molecule has 8 aromatic rings. The fourth-order valence-corrected chi connectivity index (χ4v) is 8.59. The van der Waals surface area contributed by atoms with Crippen molar-refractivity contribution in [1.82, 2.24) is 60.1 Å². The second-order valence-corrected chi connectivity index (χ2v) is 19.1. The van der Waals surface area contributed by atoms with E-state index in [9.17, 15) is 40.5 Å². The summed E-state index contributed by atoms with van der Waals surface area (Å²) in [5.41, 5.74) is -0.442. The number of nitrogens with one attached hydrogen (secondary N) is 6. The molecule has 0 saturated heterocycles. The van der Waals surface area contributed by atoms with Gasteiger partial charge in [0.15, 0.2) is 11.4 Å². The summed E-state index contributed by atoms with van der Waals surface area (Å²) in [7, 11) is -0.0878. The van der Waals surface area contributed by atoms with Gasteiger partial charge in [-0.05, 0) is 72.5 Å². The number of anilines is 8. The molecule has 0 aliphatic carbocycles. The Balaban J connectivity index is 0.883. The summed E-state index contributed by atoms with van der Waals surface area (Å²) in [6.45, 7) is 0.196. The Kier molecular flexibility index (Phi) is 19.2. The third-order valence-corrected chi connectivity index (χ3v) is 12.9. The van der Waals surface area contributed by atoms with E-state index in [2.05, 4.69) is 72.0 Å². The van der Waals surface area contributed by atoms with E-state index < -0.39 is 55.2 Å². The van der Waals surface area contributed by atoms with Gasteiger partial charge in [0.1, 0.15) is 36.0 Å². The van der Waals surface area contributed by atoms with Crippen molar-refractivity contribution in [1.29, 1.82) is 0 Å². The van der Waals surface area contributed by atoms with Gasteiger partial charge >= 0.3 is 20.6 Å². The van der Waals surface area contributed by atoms with Crippen molar-refractivity contribution in [3.05, 3.63) is 142 Å². The first-order valence-electron chi connectivity index (χ1n) is 24.2. The molecular formula is C50H46Cl2F6N16O7P+. The maximum atomic E-state index is 14.3. The number of rotatable bonds is 24. The first-order valence-corrected chi connectivity index (χ1v) is 26.1. The van der Waals surface area contributed by atoms with Crippen molar-refractivity contribution in [2.75, 3.05) is 48.6 Å². The third-order valence-electron chi connectivity index (χ3n) is 11.6. The molecule has 6 aromatic heterocycles. The van der Waals surface area contributed by atoms with Gasteiger partial charge in [0.2, 0.25) is 11.9 Å². The average Bonchev–Trinajstić information content (AvgIpc) is 4.21. The molecule has 8 N–H and O–H groups in total. The molecule has 82 heavy (non-hydrogen) atoms. The van der Waals surface area contributed by atoms with Crippen molar-refractivity contribution in [2.24, 2.45) is 0 Å². The van der Waals surface area contributed by atoms with E-state index in [1.807, 2.05) is 0 Å². The number of hydrogen-bond acceptors (Lipinski definition) is 19. The number of aryl methyl sites for hydroxylation is 2. The number of nitrogens with zero attached hydrogens (tertiary/aromatic N) is 10. The van der Waals surface area contributed by atoms with Crippen LogP contribution in [0.4, 0.5) is 72.6 Å². The molecule has 0 radical (unpaired) electrons. The molecule has 2 aromatic carbocycles. The molecule has 8 rings (SSSR count). The van der Waals surface area contributed by atoms with Crippen LogP contribution < -0.4 is 31.9 Å². The van der Waals surface area contributed by atoms with Crippen LogP contribution in [0.15, 0.2) is 97.8 Å². The zero-order valence-electron chi connectivity index (χ0n) is 42.8. The first-order chi connectivity index (χ1) is 39.2. The van der Waals surface area contributed by atoms with Crippen molar-refractivity contribution >= 4 is 89.6 Å². The van der Waals surface area contributed by atoms with E-state index in [1.54, 1.807) is 21.8 Å². The number of aliphatic hydroxyl groups is 2. The molecule has 0 atom stereocenters. The van der Waals surface area contributed by atoms with Gasteiger partial charge in [-0.15, -0.1) is 9.05 Å². The molecule has 23 nitrogen and oxygen atoms in total. The van der Waals surface area contributed by atoms with Crippen LogP contribution in [0.1, 0.15) is 56.1 Å². The Morgan fingerprint density at radius 1 is 0.585 bits per heavy atom. The topological polar surface area (TPSA) is 295 Å². The van der Waals surface area contributed by atoms with Crippen molar-refractivity contribution < 1.29 is 59.8 Å². The fourth-order valence-electron chi connectivity index (χ4n) is 7.50. The highest BCUT2D eigenvalue weighted by Crippen LogP contribution is 2.39. The van der Waals surface area contributed by atoms with Crippen molar-refractivity contribution in [2.45, 2.75) is 51.5 Å². The van der Waals surface area contributed by atoms with E-state index in [-0.39, 0.29) is 82.5 Å². The molecule has 0 aliphatic heterocycles. The number of benzene rings is 2. The van der Waals surface area contributed by atoms with Gasteiger partial charge in [-0.2, -0.15) is 46.5 Å². The summed E-state index contributed by atoms with van der Waals surface area (Å²) < 4.78 is 112. The number of aliphatic hydroxyl groups excluding tert-OH is 2. The number of alkyl halides is 6. The van der Waals surface area contributed by atoms with Crippen LogP contribution in [0.3, 0.4) is 0 Å². The summed E-state index contributed by atoms with van der Waals surface area (Å²) in [5.74, 6) is -3.48. The van der Waals surface area contributed by atoms with Gasteiger partial charge < -0.3 is 42.1 Å². The van der Waals surface area contributed by atoms with Gasteiger partial charge in [-0.25, -0.2) is 19.9 Å². The summed E-state index contributed by atoms with van der Waals surface area (Å²) >= 11 is 13.1. The highest BCUT2D eigenvalue weighted by atomic mass is 35.5. The van der Waals surface area contributed by atoms with Gasteiger partial charge in [0.05, 0.1) is 56.6 Å². The lowest BCUT2D eigenvalue weighted by molar-refractivity contribution is -0.138. The molecule has 0 saturated carbocycles. The molecule has 0 aliphatic rings. The molecule has 32 heteroatoms. The van der Waals surface area contributed by atoms with Crippen molar-refractivity contribution in [3.8, 4) is 22.5 Å². The number of hydrogen-bond donors (Lipinski definition) is 8. The normalized spacial score (nSPS) is 11.6. The van der Waals surface area contributed by atoms with Gasteiger partial charge in [0.25, 0.3) is 11.8 Å². The summed E-state index contributed by atoms with van der Waals surface area (Å²) in [6.07, 6.45) is -1.58. The van der Waals surface area contributed by atoms with Gasteiger partial charge in [-0.3, -0.25) is 19.0 Å². The lowest BCUT2D eigenvalue weighted by Crippen LogP contribution is -2.21. The van der Waals surface area contributed by atoms with Crippen LogP contribution in [0.5, 0.6) is 0 Å². The molecule has 0 spiro atoms. The molecule has 0 fully saturated rings. The van der Waals surface area contributed by atoms with Gasteiger partial charge in [-0.1, -0.05) is 35.3 Å². The highest BCUT2D eigenvalue weighted by Gasteiger charge is 2.37. The molecule has 6 heterocycles. The van der Waals surface area contributed by atoms with Crippen LogP contribution >= 0.6 is 31.5 Å². The summed E-state index contributed by atoms with van der Waals surface area (Å²) in [5, 5.41) is 42.4. The Bertz CT molecular complexity index is 3400. The SMILES string of the molecule is CNC(=O)c1nc(-c2cnn(CCCO)c2)ccc1Nc1nc(Nc2ccc(CO[P+](=O)OCc3ccc(Nc4ncc(C(F)(F)F)c(Nc5ccc(-c6cnn(CCCO)c6)nc5C(=O)NC)n4)c(Cl)c3)cc2Cl)ncc1C(F)(F)F. The van der Waals surface area contributed by atoms with E-state index >= 15 is 0 Å². The first kappa shape index (κ1) is 59.7. The number of pyridine rings is 2. The van der Waals surface area contributed by atoms with E-state index in [4.69, 9.17) is 42.5 Å². The number of carbonyl (C=O) groups is 2. The minimum Gasteiger partial charge on any atom is -0.396 e. The maximum absolute atomic E-state index is 14.3. The molecule has 0 unspecified atom stereocenters. The largest absolute Gasteiger partial charge is 0.698 e. The van der Waals surface area contributed by atoms with E-state index in [1.165, 1.54) is 87.2 Å². The Morgan fingerprint density at radius 2 is 0.988 bits per heavy atom. The predicted molar refractivity (Wildman–Crippen MR) is 288 cm³/mol. The van der Waals surface area contributed by atoms with E-state index in [0.717, 1.165) is 0 Å². The molecule has 428 valence electrons. The highest BCUT2D eigenvalue weighted by molar-refractivity contribution is 7.33. The maximum Gasteiger partial charge on any atom is 0.698 e. The number of halogens is 8. The van der Waals surface area contributed by atoms with E-state index in [0.29, 0.717) is 72.0 Å². The average molecular weight is 1200 g/mol. The monoisotopic (exact) mass is 1200 g/mol. The fraction of sp³-hybridized carbons (Fsp3) is 0.240. The Labute approximate surface area is 471 Å². The smallest absolute Gasteiger partial charge is 0.396 e. The van der Waals surface area contributed by atoms with Crippen LogP contribution in [-0.4, -0.2) is 98.8 Å². The second kappa shape index (κ2) is 26.4. The van der Waals surface area contributed by atoms with Crippen LogP contribution in [0, 0.1) is 0 Å². The molecule has 0 bridgehead atoms. The lowest BCUT2D eigenvalue weighted by Gasteiger charge is -2.17. The minimum absolute atomic E-state index is 0.0453. The van der Waals surface area contributed by atoms with Crippen LogP contribution in [-0.2, 0) is 52.3 Å². The third kappa shape index (κ3) is 15.1. The second-order valence-electron chi connectivity index (χ2n) is 17.3. The van der Waals surface area contributed by atoms with Crippen LogP contribution in [0.2, 0.25) is 10.0 Å². The zero-order valence-corrected chi connectivity index (χ0v) is 45.2. The number of amides is 2. The molecular weight excluding hydrogens is 1150 g/mol. The van der Waals surface area contributed by atoms with Crippen LogP contribution in [0.25, 0.3) is 22.5 Å². The molecule has 2 amide bonds. The quantitative estimate of drug-likeness (QED) is 0.0206. The lowest BCUT2D eigenvalue weighted by atomic mass is 10.1. The van der Waals surface area contributed by atoms with Gasteiger partial charge in [0, 0.05) is 80.9 Å². The Hall–Kier alpha value is -8.44. The summed E-state index contributed by atoms with van der Waals surface area (Å²) in [4.78, 5) is 50.5. The Morgan fingerprint density at radius 3 is 1.35 bits per heavy atom. The summed E-state index contributed by atoms with van der Waals surface area (Å²) in [6, 6.07) is 14.5. The predicted octanol–water partition coefficient (Wildman–Crippen LogP) is 9.98. The standard InChI is InChI=1S/C50H45Cl2F6N16O7P/c1-59-45(77)41-39(11-9-35(65-41)29-19-63-73(23-29)13-3-15-75)67-43-31(49(53,54)55)21-61-47(71-43)69-37-7-5-27(17-33(37)51)25-80-82(79)81-26-28-6-8-38(34(52)18-28)70-48-62-22-32(50(56,57)58)44(72-48)68-40-12-10-36(66-42(40)46(78)60-2)30-20-64-74(24-30)14-4-16-76/h5-12,17-24,75-76H,3-4,13-16,25-26H2,1-2H3,(H5-,59,60,61,62,67,68,69,70,71,72,77,78)/p+1.